The van der Waals surface area contributed by atoms with Crippen molar-refractivity contribution in [1.82, 2.24) is 5.32 Å². The van der Waals surface area contributed by atoms with E-state index in [0.717, 1.165) is 13.0 Å². The van der Waals surface area contributed by atoms with Crippen molar-refractivity contribution < 1.29 is 0 Å². The molecular weight excluding hydrogens is 156 g/mol. The van der Waals surface area contributed by atoms with Crippen LogP contribution in [0.1, 0.15) is 6.42 Å². The summed E-state index contributed by atoms with van der Waals surface area (Å²) in [4.78, 5) is 1.30. The van der Waals surface area contributed by atoms with E-state index >= 15 is 0 Å². The maximum absolute atomic E-state index is 8.67. The molecule has 0 fully saturated rings. The normalized spacial score (nSPS) is 27.7. The first-order valence-corrected chi connectivity index (χ1v) is 4.46. The summed E-state index contributed by atoms with van der Waals surface area (Å²) in [6.45, 7) is 0.928. The zero-order valence-corrected chi connectivity index (χ0v) is 6.82. The smallest absolute Gasteiger partial charge is 0.100 e. The maximum Gasteiger partial charge on any atom is 0.100 e. The number of dihydropyridines is 1. The van der Waals surface area contributed by atoms with Gasteiger partial charge in [0.25, 0.3) is 0 Å². The topological polar surface area (TPSA) is 35.8 Å². The molecule has 0 aromatic rings. The Bertz CT molecular complexity index is 272. The summed E-state index contributed by atoms with van der Waals surface area (Å²) >= 11 is 1.69. The summed E-state index contributed by atoms with van der Waals surface area (Å²) < 4.78 is 0. The van der Waals surface area contributed by atoms with E-state index in [9.17, 15) is 0 Å². The van der Waals surface area contributed by atoms with Gasteiger partial charge >= 0.3 is 0 Å². The fourth-order valence-electron chi connectivity index (χ4n) is 1.31. The quantitative estimate of drug-likeness (QED) is 0.587. The summed E-state index contributed by atoms with van der Waals surface area (Å²) in [6, 6.07) is 2.28. The number of nitrogens with zero attached hydrogens (tertiary/aromatic N) is 1. The van der Waals surface area contributed by atoms with Crippen LogP contribution in [0.15, 0.2) is 22.8 Å². The molecule has 1 N–H and O–H groups in total. The second-order valence-electron chi connectivity index (χ2n) is 2.62. The summed E-state index contributed by atoms with van der Waals surface area (Å²) in [5.41, 5.74) is 1.39. The molecule has 2 nitrogen and oxygen atoms in total. The van der Waals surface area contributed by atoms with E-state index in [0.29, 0.717) is 0 Å². The third-order valence-corrected chi connectivity index (χ3v) is 3.10. The summed E-state index contributed by atoms with van der Waals surface area (Å²) in [5, 5.41) is 12.0. The first-order valence-electron chi connectivity index (χ1n) is 3.58. The van der Waals surface area contributed by atoms with Crippen molar-refractivity contribution in [2.45, 2.75) is 11.7 Å². The molecule has 0 spiro atoms. The first kappa shape index (κ1) is 6.81. The highest BCUT2D eigenvalue weighted by Crippen LogP contribution is 2.38. The van der Waals surface area contributed by atoms with Crippen LogP contribution in [-0.4, -0.2) is 11.8 Å². The van der Waals surface area contributed by atoms with Gasteiger partial charge in [-0.15, -0.1) is 11.8 Å². The van der Waals surface area contributed by atoms with Crippen LogP contribution in [0.5, 0.6) is 0 Å². The van der Waals surface area contributed by atoms with Gasteiger partial charge in [-0.25, -0.2) is 0 Å². The molecule has 1 unspecified atom stereocenters. The summed E-state index contributed by atoms with van der Waals surface area (Å²) in [5.74, 6) is 0. The van der Waals surface area contributed by atoms with E-state index in [-0.39, 0.29) is 5.25 Å². The average Bonchev–Trinajstić information content (AvgIpc) is 2.46. The van der Waals surface area contributed by atoms with E-state index in [1.54, 1.807) is 11.8 Å². The van der Waals surface area contributed by atoms with Gasteiger partial charge in [-0.1, -0.05) is 0 Å². The van der Waals surface area contributed by atoms with Crippen molar-refractivity contribution >= 4 is 11.8 Å². The number of nitrogens with one attached hydrogen (secondary N) is 1. The molecule has 0 aromatic heterocycles. The molecular formula is C8H8N2S. The minimum atomic E-state index is 0.157. The maximum atomic E-state index is 8.67. The summed E-state index contributed by atoms with van der Waals surface area (Å²) in [6.07, 6.45) is 4.94. The van der Waals surface area contributed by atoms with Gasteiger partial charge in [0.1, 0.15) is 5.25 Å². The minimum Gasteiger partial charge on any atom is -0.387 e. The van der Waals surface area contributed by atoms with Crippen molar-refractivity contribution in [3.05, 3.63) is 22.8 Å². The van der Waals surface area contributed by atoms with Gasteiger partial charge in [0.2, 0.25) is 0 Å². The van der Waals surface area contributed by atoms with E-state index in [2.05, 4.69) is 17.5 Å². The lowest BCUT2D eigenvalue weighted by Gasteiger charge is -2.07. The molecule has 0 bridgehead atoms. The standard InChI is InChI=1S/C8H8N2S/c9-4-7-3-6-5-10-2-1-8(6)11-7/h1-2,7,10H,3,5H2. The van der Waals surface area contributed by atoms with Crippen molar-refractivity contribution in [3.8, 4) is 6.07 Å². The number of nitriles is 1. The molecule has 2 aliphatic rings. The van der Waals surface area contributed by atoms with Gasteiger partial charge in [0.15, 0.2) is 0 Å². The van der Waals surface area contributed by atoms with Gasteiger partial charge < -0.3 is 5.32 Å². The second kappa shape index (κ2) is 2.63. The lowest BCUT2D eigenvalue weighted by atomic mass is 10.1. The highest BCUT2D eigenvalue weighted by molar-refractivity contribution is 8.04. The number of hydrogen-bond acceptors (Lipinski definition) is 3. The van der Waals surface area contributed by atoms with Gasteiger partial charge in [-0.2, -0.15) is 5.26 Å². The monoisotopic (exact) mass is 164 g/mol. The molecule has 0 saturated carbocycles. The van der Waals surface area contributed by atoms with Crippen molar-refractivity contribution in [1.29, 1.82) is 5.26 Å². The van der Waals surface area contributed by atoms with Crippen molar-refractivity contribution in [2.24, 2.45) is 0 Å². The Labute approximate surface area is 70.0 Å². The Morgan fingerprint density at radius 2 is 2.64 bits per heavy atom. The number of rotatable bonds is 0. The van der Waals surface area contributed by atoms with E-state index in [1.807, 2.05) is 6.20 Å². The lowest BCUT2D eigenvalue weighted by Crippen LogP contribution is -2.13. The third-order valence-electron chi connectivity index (χ3n) is 1.86. The Morgan fingerprint density at radius 1 is 1.73 bits per heavy atom. The molecule has 1 atom stereocenters. The second-order valence-corrected chi connectivity index (χ2v) is 3.87. The molecule has 0 aliphatic carbocycles. The largest absolute Gasteiger partial charge is 0.387 e. The number of allylic oxidation sites excluding steroid dienone is 1. The molecule has 0 radical (unpaired) electrons. The SMILES string of the molecule is N#CC1CC2=C(C=CNC2)S1. The fraction of sp³-hybridized carbons (Fsp3) is 0.375. The molecule has 2 heterocycles. The van der Waals surface area contributed by atoms with E-state index in [1.165, 1.54) is 10.5 Å². The van der Waals surface area contributed by atoms with Crippen LogP contribution in [0, 0.1) is 11.3 Å². The Morgan fingerprint density at radius 3 is 3.36 bits per heavy atom. The lowest BCUT2D eigenvalue weighted by molar-refractivity contribution is 0.862. The molecule has 0 aromatic carbocycles. The molecule has 2 rings (SSSR count). The summed E-state index contributed by atoms with van der Waals surface area (Å²) in [7, 11) is 0. The van der Waals surface area contributed by atoms with Crippen molar-refractivity contribution in [3.63, 3.8) is 0 Å². The van der Waals surface area contributed by atoms with Gasteiger partial charge in [0, 0.05) is 11.4 Å². The minimum absolute atomic E-state index is 0.157. The predicted octanol–water partition coefficient (Wildman–Crippen LogP) is 1.39. The molecule has 0 amide bonds. The molecule has 0 saturated heterocycles. The Hall–Kier alpha value is -0.880. The van der Waals surface area contributed by atoms with Crippen LogP contribution < -0.4 is 5.32 Å². The fourth-order valence-corrected chi connectivity index (χ4v) is 2.42. The van der Waals surface area contributed by atoms with Gasteiger partial charge in [-0.05, 0) is 24.3 Å². The molecule has 2 aliphatic heterocycles. The van der Waals surface area contributed by atoms with Crippen LogP contribution in [0.25, 0.3) is 0 Å². The van der Waals surface area contributed by atoms with E-state index in [4.69, 9.17) is 5.26 Å². The Kier molecular flexibility index (Phi) is 1.63. The number of thioether (sulfide) groups is 1. The predicted molar refractivity (Wildman–Crippen MR) is 45.8 cm³/mol. The number of hydrogen-bond donors (Lipinski definition) is 1. The van der Waals surface area contributed by atoms with Crippen molar-refractivity contribution in [2.75, 3.05) is 6.54 Å². The zero-order chi connectivity index (χ0) is 7.68. The average molecular weight is 164 g/mol. The van der Waals surface area contributed by atoms with Crippen LogP contribution >= 0.6 is 11.8 Å². The van der Waals surface area contributed by atoms with Crippen LogP contribution in [0.3, 0.4) is 0 Å². The molecule has 11 heavy (non-hydrogen) atoms. The highest BCUT2D eigenvalue weighted by Gasteiger charge is 2.23. The molecule has 56 valence electrons. The van der Waals surface area contributed by atoms with Crippen LogP contribution in [0.2, 0.25) is 0 Å². The van der Waals surface area contributed by atoms with Gasteiger partial charge in [0.05, 0.1) is 6.07 Å². The zero-order valence-electron chi connectivity index (χ0n) is 6.00. The van der Waals surface area contributed by atoms with E-state index < -0.39 is 0 Å². The highest BCUT2D eigenvalue weighted by atomic mass is 32.2. The Balaban J connectivity index is 2.17. The van der Waals surface area contributed by atoms with Crippen LogP contribution in [0.4, 0.5) is 0 Å². The van der Waals surface area contributed by atoms with Crippen LogP contribution in [-0.2, 0) is 0 Å². The molecule has 3 heteroatoms. The third kappa shape index (κ3) is 1.14. The first-order chi connectivity index (χ1) is 5.40. The van der Waals surface area contributed by atoms with Gasteiger partial charge in [-0.3, -0.25) is 0 Å².